The first-order chi connectivity index (χ1) is 9.76. The number of hydrogen-bond acceptors (Lipinski definition) is 4. The van der Waals surface area contributed by atoms with Crippen LogP contribution in [0.3, 0.4) is 0 Å². The van der Waals surface area contributed by atoms with Gasteiger partial charge in [-0.2, -0.15) is 5.10 Å². The van der Waals surface area contributed by atoms with Crippen molar-refractivity contribution in [2.45, 2.75) is 13.5 Å². The van der Waals surface area contributed by atoms with Crippen molar-refractivity contribution in [1.29, 1.82) is 0 Å². The van der Waals surface area contributed by atoms with Crippen molar-refractivity contribution in [3.8, 4) is 11.4 Å². The van der Waals surface area contributed by atoms with Crippen LogP contribution in [0.1, 0.15) is 11.3 Å². The number of aromatic nitrogens is 2. The van der Waals surface area contributed by atoms with E-state index in [0.29, 0.717) is 6.61 Å². The highest BCUT2D eigenvalue weighted by atomic mass is 16.5. The van der Waals surface area contributed by atoms with E-state index in [1.54, 1.807) is 14.2 Å². The lowest BCUT2D eigenvalue weighted by atomic mass is 10.2. The van der Waals surface area contributed by atoms with Crippen molar-refractivity contribution in [3.05, 3.63) is 41.7 Å². The van der Waals surface area contributed by atoms with E-state index in [1.807, 2.05) is 35.1 Å². The van der Waals surface area contributed by atoms with Gasteiger partial charge in [0.2, 0.25) is 0 Å². The normalized spacial score (nSPS) is 10.8. The number of hydrogen-bond donors (Lipinski definition) is 1. The molecular formula is C15H21N3O2. The van der Waals surface area contributed by atoms with Gasteiger partial charge >= 0.3 is 0 Å². The molecule has 2 aromatic rings. The highest BCUT2D eigenvalue weighted by molar-refractivity contribution is 5.40. The maximum Gasteiger partial charge on any atom is 0.121 e. The van der Waals surface area contributed by atoms with Crippen molar-refractivity contribution >= 4 is 0 Å². The van der Waals surface area contributed by atoms with Gasteiger partial charge in [-0.05, 0) is 19.1 Å². The minimum Gasteiger partial charge on any atom is -0.497 e. The molecule has 0 bridgehead atoms. The van der Waals surface area contributed by atoms with Crippen molar-refractivity contribution in [2.75, 3.05) is 27.4 Å². The first-order valence-corrected chi connectivity index (χ1v) is 6.64. The Morgan fingerprint density at radius 3 is 2.90 bits per heavy atom. The van der Waals surface area contributed by atoms with Crippen LogP contribution < -0.4 is 10.1 Å². The summed E-state index contributed by atoms with van der Waals surface area (Å²) in [5.41, 5.74) is 3.32. The summed E-state index contributed by atoms with van der Waals surface area (Å²) in [7, 11) is 3.37. The van der Waals surface area contributed by atoms with E-state index in [2.05, 4.69) is 17.3 Å². The summed E-state index contributed by atoms with van der Waals surface area (Å²) < 4.78 is 12.2. The molecule has 0 saturated heterocycles. The zero-order valence-corrected chi connectivity index (χ0v) is 12.2. The van der Waals surface area contributed by atoms with E-state index in [0.717, 1.165) is 30.2 Å². The third-order valence-electron chi connectivity index (χ3n) is 3.21. The summed E-state index contributed by atoms with van der Waals surface area (Å²) in [6.07, 6.45) is 1.90. The second-order valence-corrected chi connectivity index (χ2v) is 4.54. The monoisotopic (exact) mass is 275 g/mol. The summed E-state index contributed by atoms with van der Waals surface area (Å²) in [5, 5.41) is 7.78. The average molecular weight is 275 g/mol. The molecule has 0 saturated carbocycles. The van der Waals surface area contributed by atoms with Crippen molar-refractivity contribution in [1.82, 2.24) is 15.1 Å². The predicted octanol–water partition coefficient (Wildman–Crippen LogP) is 1.93. The van der Waals surface area contributed by atoms with Gasteiger partial charge < -0.3 is 14.8 Å². The van der Waals surface area contributed by atoms with Crippen LogP contribution in [0.5, 0.6) is 5.75 Å². The lowest BCUT2D eigenvalue weighted by molar-refractivity contribution is 0.199. The summed E-state index contributed by atoms with van der Waals surface area (Å²) in [6, 6.07) is 7.88. The first-order valence-electron chi connectivity index (χ1n) is 6.64. The van der Waals surface area contributed by atoms with Crippen LogP contribution in [0.15, 0.2) is 30.5 Å². The molecule has 0 amide bonds. The van der Waals surface area contributed by atoms with E-state index in [4.69, 9.17) is 9.47 Å². The van der Waals surface area contributed by atoms with Crippen LogP contribution in [-0.2, 0) is 11.3 Å². The quantitative estimate of drug-likeness (QED) is 0.784. The zero-order chi connectivity index (χ0) is 14.4. The Labute approximate surface area is 119 Å². The number of rotatable bonds is 7. The molecule has 1 N–H and O–H groups in total. The molecule has 5 heteroatoms. The molecule has 0 aliphatic heterocycles. The van der Waals surface area contributed by atoms with Gasteiger partial charge in [0.25, 0.3) is 0 Å². The number of nitrogens with zero attached hydrogens (tertiary/aromatic N) is 2. The molecule has 0 aliphatic carbocycles. The smallest absolute Gasteiger partial charge is 0.121 e. The Hall–Kier alpha value is -1.85. The lowest BCUT2D eigenvalue weighted by Gasteiger charge is -2.08. The standard InChI is InChI=1S/C15H21N3O2/c1-12-13(10-16-7-8-19-2)11-17-18(12)14-5-4-6-15(9-14)20-3/h4-6,9,11,16H,7-8,10H2,1-3H3. The van der Waals surface area contributed by atoms with Crippen LogP contribution in [-0.4, -0.2) is 37.2 Å². The molecule has 0 aliphatic rings. The summed E-state index contributed by atoms with van der Waals surface area (Å²) in [6.45, 7) is 4.41. The molecule has 2 rings (SSSR count). The van der Waals surface area contributed by atoms with Gasteiger partial charge in [0.15, 0.2) is 0 Å². The number of methoxy groups -OCH3 is 2. The summed E-state index contributed by atoms with van der Waals surface area (Å²) >= 11 is 0. The summed E-state index contributed by atoms with van der Waals surface area (Å²) in [4.78, 5) is 0. The Bertz CT molecular complexity index is 552. The Morgan fingerprint density at radius 1 is 1.30 bits per heavy atom. The fourth-order valence-corrected chi connectivity index (χ4v) is 2.02. The third kappa shape index (κ3) is 3.37. The van der Waals surface area contributed by atoms with E-state index >= 15 is 0 Å². The molecule has 5 nitrogen and oxygen atoms in total. The Morgan fingerprint density at radius 2 is 2.15 bits per heavy atom. The van der Waals surface area contributed by atoms with Crippen molar-refractivity contribution in [3.63, 3.8) is 0 Å². The summed E-state index contributed by atoms with van der Waals surface area (Å²) in [5.74, 6) is 0.831. The molecule has 1 aromatic carbocycles. The zero-order valence-electron chi connectivity index (χ0n) is 12.2. The molecule has 20 heavy (non-hydrogen) atoms. The topological polar surface area (TPSA) is 48.3 Å². The maximum absolute atomic E-state index is 5.25. The minimum atomic E-state index is 0.711. The predicted molar refractivity (Wildman–Crippen MR) is 78.4 cm³/mol. The Kier molecular flexibility index (Phi) is 5.15. The Balaban J connectivity index is 2.11. The van der Waals surface area contributed by atoms with E-state index in [1.165, 1.54) is 5.56 Å². The lowest BCUT2D eigenvalue weighted by Crippen LogP contribution is -2.18. The van der Waals surface area contributed by atoms with Crippen molar-refractivity contribution in [2.24, 2.45) is 0 Å². The van der Waals surface area contributed by atoms with E-state index in [-0.39, 0.29) is 0 Å². The molecule has 0 unspecified atom stereocenters. The van der Waals surface area contributed by atoms with Crippen molar-refractivity contribution < 1.29 is 9.47 Å². The van der Waals surface area contributed by atoms with E-state index < -0.39 is 0 Å². The number of ether oxygens (including phenoxy) is 2. The first kappa shape index (κ1) is 14.6. The average Bonchev–Trinajstić information content (AvgIpc) is 2.85. The van der Waals surface area contributed by atoms with E-state index in [9.17, 15) is 0 Å². The molecule has 0 spiro atoms. The molecular weight excluding hydrogens is 254 g/mol. The van der Waals surface area contributed by atoms with Crippen LogP contribution in [0.2, 0.25) is 0 Å². The second kappa shape index (κ2) is 7.07. The molecule has 108 valence electrons. The van der Waals surface area contributed by atoms with Gasteiger partial charge in [-0.25, -0.2) is 4.68 Å². The van der Waals surface area contributed by atoms with Gasteiger partial charge in [-0.15, -0.1) is 0 Å². The van der Waals surface area contributed by atoms with Crippen LogP contribution in [0.4, 0.5) is 0 Å². The molecule has 0 atom stereocenters. The van der Waals surface area contributed by atoms with Gasteiger partial charge in [0.05, 0.1) is 25.6 Å². The fraction of sp³-hybridized carbons (Fsp3) is 0.400. The minimum absolute atomic E-state index is 0.711. The van der Waals surface area contributed by atoms with Crippen LogP contribution in [0.25, 0.3) is 5.69 Å². The number of benzene rings is 1. The van der Waals surface area contributed by atoms with Gasteiger partial charge in [0, 0.05) is 37.5 Å². The van der Waals surface area contributed by atoms with Gasteiger partial charge in [-0.3, -0.25) is 0 Å². The molecule has 0 radical (unpaired) electrons. The molecule has 1 aromatic heterocycles. The third-order valence-corrected chi connectivity index (χ3v) is 3.21. The van der Waals surface area contributed by atoms with Crippen LogP contribution in [0, 0.1) is 6.92 Å². The number of nitrogens with one attached hydrogen (secondary N) is 1. The SMILES string of the molecule is COCCNCc1cnn(-c2cccc(OC)c2)c1C. The van der Waals surface area contributed by atoms with Crippen LogP contribution >= 0.6 is 0 Å². The highest BCUT2D eigenvalue weighted by Gasteiger charge is 2.08. The van der Waals surface area contributed by atoms with Gasteiger partial charge in [-0.1, -0.05) is 6.07 Å². The maximum atomic E-state index is 5.25. The van der Waals surface area contributed by atoms with Gasteiger partial charge in [0.1, 0.15) is 5.75 Å². The highest BCUT2D eigenvalue weighted by Crippen LogP contribution is 2.18. The molecule has 0 fully saturated rings. The largest absolute Gasteiger partial charge is 0.497 e. The fourth-order valence-electron chi connectivity index (χ4n) is 2.02. The molecule has 1 heterocycles. The second-order valence-electron chi connectivity index (χ2n) is 4.54.